The lowest BCUT2D eigenvalue weighted by molar-refractivity contribution is -0.133. The number of hydrogen-bond acceptors (Lipinski definition) is 5. The summed E-state index contributed by atoms with van der Waals surface area (Å²) in [6.07, 6.45) is 12.3. The SMILES string of the molecule is COCCNC(=O)[C@H]1CN2CC[C@H]1C[C@@H]2Cn1cc(CC2CCCCC2)nn1. The fourth-order valence-corrected chi connectivity index (χ4v) is 5.46. The highest BCUT2D eigenvalue weighted by atomic mass is 16.5. The molecule has 1 N–H and O–H groups in total. The molecule has 0 spiro atoms. The Kier molecular flexibility index (Phi) is 6.62. The maximum atomic E-state index is 12.5. The third-order valence-electron chi connectivity index (χ3n) is 7.03. The van der Waals surface area contributed by atoms with Gasteiger partial charge in [-0.3, -0.25) is 14.4 Å². The summed E-state index contributed by atoms with van der Waals surface area (Å²) in [7, 11) is 1.66. The van der Waals surface area contributed by atoms with Crippen LogP contribution in [-0.4, -0.2) is 65.2 Å². The van der Waals surface area contributed by atoms with Gasteiger partial charge < -0.3 is 10.1 Å². The molecule has 7 nitrogen and oxygen atoms in total. The van der Waals surface area contributed by atoms with Crippen molar-refractivity contribution in [2.24, 2.45) is 17.8 Å². The van der Waals surface area contributed by atoms with Crippen molar-refractivity contribution in [2.45, 2.75) is 64.0 Å². The van der Waals surface area contributed by atoms with Crippen molar-refractivity contribution in [3.05, 3.63) is 11.9 Å². The van der Waals surface area contributed by atoms with Crippen LogP contribution >= 0.6 is 0 Å². The zero-order chi connectivity index (χ0) is 19.3. The van der Waals surface area contributed by atoms with Crippen molar-refractivity contribution in [1.82, 2.24) is 25.2 Å². The minimum absolute atomic E-state index is 0.125. The third-order valence-corrected chi connectivity index (χ3v) is 7.03. The number of carbonyl (C=O) groups excluding carboxylic acids is 1. The summed E-state index contributed by atoms with van der Waals surface area (Å²) in [5, 5.41) is 11.9. The fraction of sp³-hybridized carbons (Fsp3) is 0.857. The molecular weight excluding hydrogens is 354 g/mol. The molecule has 0 radical (unpaired) electrons. The Bertz CT molecular complexity index is 642. The molecular formula is C21H35N5O2. The molecule has 4 heterocycles. The standard InChI is InChI=1S/C21H35N5O2/c1-28-10-8-22-21(27)20-15-25-9-7-17(20)12-19(25)14-26-13-18(23-24-26)11-16-5-3-2-4-6-16/h13,16-17,19-20H,2-12,14-15H2,1H3,(H,22,27)/t17-,19+,20-/m0/s1. The lowest BCUT2D eigenvalue weighted by atomic mass is 9.75. The number of methoxy groups -OCH3 is 1. The summed E-state index contributed by atoms with van der Waals surface area (Å²) in [6, 6.07) is 0.478. The molecule has 1 aliphatic carbocycles. The first-order chi connectivity index (χ1) is 13.7. The molecule has 3 aliphatic heterocycles. The molecule has 7 heteroatoms. The first-order valence-electron chi connectivity index (χ1n) is 11.1. The molecule has 0 aromatic carbocycles. The van der Waals surface area contributed by atoms with E-state index in [1.807, 2.05) is 4.68 Å². The molecule has 1 amide bonds. The van der Waals surface area contributed by atoms with E-state index in [2.05, 4.69) is 26.7 Å². The number of amides is 1. The summed E-state index contributed by atoms with van der Waals surface area (Å²) in [6.45, 7) is 4.04. The number of nitrogens with one attached hydrogen (secondary N) is 1. The average Bonchev–Trinajstić information content (AvgIpc) is 3.16. The van der Waals surface area contributed by atoms with Crippen LogP contribution in [0.1, 0.15) is 50.6 Å². The van der Waals surface area contributed by atoms with Gasteiger partial charge in [-0.1, -0.05) is 37.3 Å². The van der Waals surface area contributed by atoms with E-state index in [4.69, 9.17) is 4.74 Å². The van der Waals surface area contributed by atoms with Gasteiger partial charge in [-0.05, 0) is 37.6 Å². The number of aromatic nitrogens is 3. The van der Waals surface area contributed by atoms with E-state index < -0.39 is 0 Å². The van der Waals surface area contributed by atoms with E-state index in [0.717, 1.165) is 50.5 Å². The number of hydrogen-bond donors (Lipinski definition) is 1. The van der Waals surface area contributed by atoms with Gasteiger partial charge in [-0.2, -0.15) is 0 Å². The van der Waals surface area contributed by atoms with Crippen LogP contribution < -0.4 is 5.32 Å². The molecule has 28 heavy (non-hydrogen) atoms. The van der Waals surface area contributed by atoms with Gasteiger partial charge in [0.25, 0.3) is 0 Å². The van der Waals surface area contributed by atoms with Crippen molar-refractivity contribution >= 4 is 5.91 Å². The van der Waals surface area contributed by atoms with E-state index in [1.54, 1.807) is 7.11 Å². The van der Waals surface area contributed by atoms with Crippen LogP contribution in [-0.2, 0) is 22.5 Å². The monoisotopic (exact) mass is 389 g/mol. The Labute approximate surface area is 168 Å². The zero-order valence-electron chi connectivity index (χ0n) is 17.2. The third kappa shape index (κ3) is 4.74. The van der Waals surface area contributed by atoms with E-state index in [0.29, 0.717) is 25.1 Å². The van der Waals surface area contributed by atoms with Crippen molar-refractivity contribution in [2.75, 3.05) is 33.4 Å². The van der Waals surface area contributed by atoms with Crippen LogP contribution in [0.4, 0.5) is 0 Å². The Morgan fingerprint density at radius 3 is 2.89 bits per heavy atom. The van der Waals surface area contributed by atoms with E-state index in [9.17, 15) is 4.79 Å². The van der Waals surface area contributed by atoms with Gasteiger partial charge >= 0.3 is 0 Å². The normalized spacial score (nSPS) is 30.5. The highest BCUT2D eigenvalue weighted by molar-refractivity contribution is 5.79. The summed E-state index contributed by atoms with van der Waals surface area (Å²) >= 11 is 0. The molecule has 1 saturated carbocycles. The maximum Gasteiger partial charge on any atom is 0.224 e. The van der Waals surface area contributed by atoms with Gasteiger partial charge in [0.2, 0.25) is 5.91 Å². The van der Waals surface area contributed by atoms with Gasteiger partial charge in [0, 0.05) is 32.4 Å². The molecule has 5 rings (SSSR count). The number of carbonyl (C=O) groups is 1. The lowest BCUT2D eigenvalue weighted by Gasteiger charge is -2.49. The molecule has 4 atom stereocenters. The van der Waals surface area contributed by atoms with Crippen molar-refractivity contribution in [3.8, 4) is 0 Å². The molecule has 1 aromatic rings. The topological polar surface area (TPSA) is 72.3 Å². The van der Waals surface area contributed by atoms with Crippen molar-refractivity contribution < 1.29 is 9.53 Å². The number of ether oxygens (including phenoxy) is 1. The van der Waals surface area contributed by atoms with Crippen LogP contribution in [0.2, 0.25) is 0 Å². The number of piperidine rings is 3. The summed E-state index contributed by atoms with van der Waals surface area (Å²) in [4.78, 5) is 15.0. The van der Waals surface area contributed by atoms with Crippen LogP contribution in [0.3, 0.4) is 0 Å². The molecule has 156 valence electrons. The first kappa shape index (κ1) is 19.8. The van der Waals surface area contributed by atoms with E-state index in [1.165, 1.54) is 32.1 Å². The van der Waals surface area contributed by atoms with Crippen LogP contribution in [0.25, 0.3) is 0 Å². The van der Waals surface area contributed by atoms with Gasteiger partial charge in [0.15, 0.2) is 0 Å². The zero-order valence-corrected chi connectivity index (χ0v) is 17.2. The Hall–Kier alpha value is -1.47. The molecule has 1 unspecified atom stereocenters. The predicted octanol–water partition coefficient (Wildman–Crippen LogP) is 1.87. The number of nitrogens with zero attached hydrogens (tertiary/aromatic N) is 4. The van der Waals surface area contributed by atoms with Gasteiger partial charge in [0.05, 0.1) is 24.8 Å². The molecule has 2 bridgehead atoms. The van der Waals surface area contributed by atoms with Gasteiger partial charge in [-0.25, -0.2) is 0 Å². The Balaban J connectivity index is 1.28. The summed E-state index contributed by atoms with van der Waals surface area (Å²) in [5.41, 5.74) is 1.15. The second-order valence-corrected chi connectivity index (χ2v) is 8.96. The molecule has 3 saturated heterocycles. The predicted molar refractivity (Wildman–Crippen MR) is 107 cm³/mol. The second-order valence-electron chi connectivity index (χ2n) is 8.96. The quantitative estimate of drug-likeness (QED) is 0.687. The summed E-state index contributed by atoms with van der Waals surface area (Å²) in [5.74, 6) is 1.61. The van der Waals surface area contributed by atoms with Crippen molar-refractivity contribution in [1.29, 1.82) is 0 Å². The van der Waals surface area contributed by atoms with Gasteiger partial charge in [0.1, 0.15) is 0 Å². The van der Waals surface area contributed by atoms with Crippen LogP contribution in [0, 0.1) is 17.8 Å². The maximum absolute atomic E-state index is 12.5. The Morgan fingerprint density at radius 1 is 1.29 bits per heavy atom. The van der Waals surface area contributed by atoms with Crippen molar-refractivity contribution in [3.63, 3.8) is 0 Å². The Morgan fingerprint density at radius 2 is 2.14 bits per heavy atom. The number of rotatable bonds is 8. The molecule has 1 aromatic heterocycles. The highest BCUT2D eigenvalue weighted by Crippen LogP contribution is 2.37. The van der Waals surface area contributed by atoms with Crippen LogP contribution in [0.15, 0.2) is 6.20 Å². The minimum atomic E-state index is 0.125. The summed E-state index contributed by atoms with van der Waals surface area (Å²) < 4.78 is 7.07. The highest BCUT2D eigenvalue weighted by Gasteiger charge is 2.43. The second kappa shape index (κ2) is 9.35. The minimum Gasteiger partial charge on any atom is -0.383 e. The average molecular weight is 390 g/mol. The lowest BCUT2D eigenvalue weighted by Crippen LogP contribution is -2.58. The van der Waals surface area contributed by atoms with E-state index in [-0.39, 0.29) is 11.8 Å². The largest absolute Gasteiger partial charge is 0.383 e. The number of fused-ring (bicyclic) bond motifs is 3. The molecule has 4 aliphatic rings. The van der Waals surface area contributed by atoms with E-state index >= 15 is 0 Å². The van der Waals surface area contributed by atoms with Gasteiger partial charge in [-0.15, -0.1) is 5.10 Å². The fourth-order valence-electron chi connectivity index (χ4n) is 5.46. The smallest absolute Gasteiger partial charge is 0.224 e. The van der Waals surface area contributed by atoms with Crippen LogP contribution in [0.5, 0.6) is 0 Å². The molecule has 4 fully saturated rings. The first-order valence-corrected chi connectivity index (χ1v) is 11.1.